The molecule has 1 aromatic carbocycles. The number of carbonyl (C=O) groups excluding carboxylic acids is 1. The molecule has 1 fully saturated rings. The van der Waals surface area contributed by atoms with E-state index in [9.17, 15) is 14.9 Å². The summed E-state index contributed by atoms with van der Waals surface area (Å²) < 4.78 is 5.34. The predicted molar refractivity (Wildman–Crippen MR) is 80.0 cm³/mol. The summed E-state index contributed by atoms with van der Waals surface area (Å²) in [5.41, 5.74) is 2.53. The third-order valence-electron chi connectivity index (χ3n) is 3.92. The monoisotopic (exact) mass is 303 g/mol. The Hall–Kier alpha value is -2.41. The van der Waals surface area contributed by atoms with E-state index in [1.54, 1.807) is 12.1 Å². The van der Waals surface area contributed by atoms with Gasteiger partial charge < -0.3 is 15.0 Å². The van der Waals surface area contributed by atoms with Gasteiger partial charge in [-0.3, -0.25) is 14.9 Å². The topological polar surface area (TPSA) is 84.7 Å². The van der Waals surface area contributed by atoms with Gasteiger partial charge in [0.15, 0.2) is 0 Å². The summed E-state index contributed by atoms with van der Waals surface area (Å²) in [6.45, 7) is 3.14. The lowest BCUT2D eigenvalue weighted by molar-refractivity contribution is -0.384. The second kappa shape index (κ2) is 6.15. The molecule has 22 heavy (non-hydrogen) atoms. The van der Waals surface area contributed by atoms with Crippen molar-refractivity contribution in [2.45, 2.75) is 6.42 Å². The lowest BCUT2D eigenvalue weighted by Crippen LogP contribution is -2.44. The van der Waals surface area contributed by atoms with Gasteiger partial charge in [0.25, 0.3) is 11.6 Å². The van der Waals surface area contributed by atoms with E-state index in [-0.39, 0.29) is 11.6 Å². The number of hydrogen-bond donors (Lipinski definition) is 1. The molecule has 1 amide bonds. The minimum absolute atomic E-state index is 0.0533. The number of carbonyl (C=O) groups is 1. The Bertz CT molecular complexity index is 618. The molecular formula is C15H17N3O4. The molecule has 0 saturated carbocycles. The van der Waals surface area contributed by atoms with Gasteiger partial charge >= 0.3 is 0 Å². The zero-order chi connectivity index (χ0) is 15.5. The molecule has 0 spiro atoms. The highest BCUT2D eigenvalue weighted by Gasteiger charge is 2.27. The first-order valence-corrected chi connectivity index (χ1v) is 7.25. The van der Waals surface area contributed by atoms with Crippen molar-refractivity contribution in [3.8, 4) is 0 Å². The summed E-state index contributed by atoms with van der Waals surface area (Å²) in [6.07, 6.45) is 0.718. The maximum absolute atomic E-state index is 12.3. The molecule has 1 saturated heterocycles. The van der Waals surface area contributed by atoms with Crippen LogP contribution < -0.4 is 5.32 Å². The summed E-state index contributed by atoms with van der Waals surface area (Å²) in [6, 6.07) is 6.39. The van der Waals surface area contributed by atoms with E-state index in [1.807, 2.05) is 4.90 Å². The first-order chi connectivity index (χ1) is 10.7. The van der Waals surface area contributed by atoms with Crippen LogP contribution >= 0.6 is 0 Å². The average Bonchev–Trinajstić information content (AvgIpc) is 2.55. The Morgan fingerprint density at radius 2 is 1.86 bits per heavy atom. The van der Waals surface area contributed by atoms with Gasteiger partial charge in [-0.15, -0.1) is 0 Å². The Morgan fingerprint density at radius 3 is 2.50 bits per heavy atom. The highest BCUT2D eigenvalue weighted by atomic mass is 16.6. The molecule has 2 aliphatic rings. The van der Waals surface area contributed by atoms with Crippen LogP contribution in [0.5, 0.6) is 0 Å². The van der Waals surface area contributed by atoms with Crippen molar-refractivity contribution in [3.63, 3.8) is 0 Å². The SMILES string of the molecule is O=C1NCCC(c2ccc([N+](=O)[O-])cc2)=C1N1CCOCC1. The van der Waals surface area contributed by atoms with E-state index in [0.29, 0.717) is 38.5 Å². The number of benzene rings is 1. The summed E-state index contributed by atoms with van der Waals surface area (Å²) >= 11 is 0. The molecule has 0 unspecified atom stereocenters. The molecule has 3 rings (SSSR count). The van der Waals surface area contributed by atoms with Gasteiger partial charge in [-0.05, 0) is 29.7 Å². The van der Waals surface area contributed by atoms with Gasteiger partial charge in [0.2, 0.25) is 0 Å². The lowest BCUT2D eigenvalue weighted by atomic mass is 9.96. The number of hydrogen-bond acceptors (Lipinski definition) is 5. The Labute approximate surface area is 127 Å². The minimum atomic E-state index is -0.422. The molecule has 0 radical (unpaired) electrons. The van der Waals surface area contributed by atoms with Gasteiger partial charge in [0.05, 0.1) is 18.1 Å². The molecule has 1 N–H and O–H groups in total. The summed E-state index contributed by atoms with van der Waals surface area (Å²) in [5.74, 6) is -0.0819. The molecule has 0 aromatic heterocycles. The third kappa shape index (κ3) is 2.80. The third-order valence-corrected chi connectivity index (χ3v) is 3.92. The number of ether oxygens (including phenoxy) is 1. The van der Waals surface area contributed by atoms with E-state index in [0.717, 1.165) is 17.6 Å². The molecule has 1 aromatic rings. The second-order valence-electron chi connectivity index (χ2n) is 5.24. The fraction of sp³-hybridized carbons (Fsp3) is 0.400. The number of nitrogens with one attached hydrogen (secondary N) is 1. The number of nitrogens with zero attached hydrogens (tertiary/aromatic N) is 2. The van der Waals surface area contributed by atoms with Crippen LogP contribution in [0.3, 0.4) is 0 Å². The molecule has 2 aliphatic heterocycles. The molecular weight excluding hydrogens is 286 g/mol. The van der Waals surface area contributed by atoms with Crippen LogP contribution in [0.15, 0.2) is 30.0 Å². The van der Waals surface area contributed by atoms with Crippen LogP contribution in [0.25, 0.3) is 5.57 Å². The van der Waals surface area contributed by atoms with Crippen LogP contribution in [0.2, 0.25) is 0 Å². The van der Waals surface area contributed by atoms with Crippen molar-refractivity contribution >= 4 is 17.2 Å². The number of non-ortho nitro benzene ring substituents is 1. The summed E-state index contributed by atoms with van der Waals surface area (Å²) in [4.78, 5) is 24.7. The standard InChI is InChI=1S/C15H17N3O4/c19-15-14(17-7-9-22-10-8-17)13(5-6-16-15)11-1-3-12(4-2-11)18(20)21/h1-4H,5-10H2,(H,16,19). The molecule has 7 heteroatoms. The predicted octanol–water partition coefficient (Wildman–Crippen LogP) is 1.16. The molecule has 7 nitrogen and oxygen atoms in total. The van der Waals surface area contributed by atoms with Crippen molar-refractivity contribution in [2.75, 3.05) is 32.8 Å². The van der Waals surface area contributed by atoms with E-state index >= 15 is 0 Å². The van der Waals surface area contributed by atoms with E-state index in [1.165, 1.54) is 12.1 Å². The van der Waals surface area contributed by atoms with Gasteiger partial charge in [-0.25, -0.2) is 0 Å². The fourth-order valence-corrected chi connectivity index (χ4v) is 2.83. The van der Waals surface area contributed by atoms with Crippen LogP contribution in [0.4, 0.5) is 5.69 Å². The van der Waals surface area contributed by atoms with Crippen molar-refractivity contribution in [3.05, 3.63) is 45.6 Å². The largest absolute Gasteiger partial charge is 0.378 e. The molecule has 0 atom stereocenters. The van der Waals surface area contributed by atoms with Crippen LogP contribution in [0.1, 0.15) is 12.0 Å². The van der Waals surface area contributed by atoms with Crippen LogP contribution in [-0.2, 0) is 9.53 Å². The number of amides is 1. The van der Waals surface area contributed by atoms with Crippen molar-refractivity contribution in [1.29, 1.82) is 0 Å². The number of nitro benzene ring substituents is 1. The summed E-state index contributed by atoms with van der Waals surface area (Å²) in [7, 11) is 0. The highest BCUT2D eigenvalue weighted by Crippen LogP contribution is 2.29. The van der Waals surface area contributed by atoms with E-state index in [4.69, 9.17) is 4.74 Å². The zero-order valence-corrected chi connectivity index (χ0v) is 12.1. The highest BCUT2D eigenvalue weighted by molar-refractivity contribution is 6.02. The molecule has 0 aliphatic carbocycles. The fourth-order valence-electron chi connectivity index (χ4n) is 2.83. The van der Waals surface area contributed by atoms with Gasteiger partial charge in [-0.1, -0.05) is 0 Å². The van der Waals surface area contributed by atoms with E-state index < -0.39 is 4.92 Å². The first-order valence-electron chi connectivity index (χ1n) is 7.25. The first kappa shape index (κ1) is 14.5. The van der Waals surface area contributed by atoms with Crippen molar-refractivity contribution < 1.29 is 14.5 Å². The number of morpholine rings is 1. The van der Waals surface area contributed by atoms with Crippen molar-refractivity contribution in [2.24, 2.45) is 0 Å². The molecule has 2 heterocycles. The number of rotatable bonds is 3. The lowest BCUT2D eigenvalue weighted by Gasteiger charge is -2.34. The average molecular weight is 303 g/mol. The maximum atomic E-state index is 12.3. The normalized spacial score (nSPS) is 19.1. The Balaban J connectivity index is 1.98. The van der Waals surface area contributed by atoms with Gasteiger partial charge in [0.1, 0.15) is 5.70 Å². The second-order valence-corrected chi connectivity index (χ2v) is 5.24. The zero-order valence-electron chi connectivity index (χ0n) is 12.1. The molecule has 0 bridgehead atoms. The van der Waals surface area contributed by atoms with Crippen molar-refractivity contribution in [1.82, 2.24) is 10.2 Å². The Morgan fingerprint density at radius 1 is 1.18 bits per heavy atom. The van der Waals surface area contributed by atoms with Crippen LogP contribution in [0, 0.1) is 10.1 Å². The number of nitro groups is 1. The van der Waals surface area contributed by atoms with Gasteiger partial charge in [0, 0.05) is 31.8 Å². The van der Waals surface area contributed by atoms with Gasteiger partial charge in [-0.2, -0.15) is 0 Å². The van der Waals surface area contributed by atoms with Crippen LogP contribution in [-0.4, -0.2) is 48.6 Å². The summed E-state index contributed by atoms with van der Waals surface area (Å²) in [5, 5.41) is 13.6. The van der Waals surface area contributed by atoms with E-state index in [2.05, 4.69) is 5.32 Å². The quantitative estimate of drug-likeness (QED) is 0.669. The maximum Gasteiger partial charge on any atom is 0.269 e. The Kier molecular flexibility index (Phi) is 4.06. The molecule has 116 valence electrons. The minimum Gasteiger partial charge on any atom is -0.378 e. The smallest absolute Gasteiger partial charge is 0.269 e.